The number of anilines is 1. The summed E-state index contributed by atoms with van der Waals surface area (Å²) in [4.78, 5) is 13.6. The van der Waals surface area contributed by atoms with Gasteiger partial charge in [-0.15, -0.1) is 0 Å². The van der Waals surface area contributed by atoms with Gasteiger partial charge >= 0.3 is 6.18 Å². The zero-order valence-electron chi connectivity index (χ0n) is 13.0. The van der Waals surface area contributed by atoms with Crippen LogP contribution in [-0.4, -0.2) is 18.6 Å². The summed E-state index contributed by atoms with van der Waals surface area (Å²) in [7, 11) is 0. The number of carbonyl (C=O) groups excluding carboxylic acids is 1. The van der Waals surface area contributed by atoms with E-state index in [0.29, 0.717) is 0 Å². The lowest BCUT2D eigenvalue weighted by Gasteiger charge is -2.27. The smallest absolute Gasteiger partial charge is 0.416 e. The van der Waals surface area contributed by atoms with Crippen LogP contribution in [0.3, 0.4) is 0 Å². The van der Waals surface area contributed by atoms with Crippen molar-refractivity contribution in [1.29, 1.82) is 5.26 Å². The Morgan fingerprint density at radius 3 is 2.57 bits per heavy atom. The van der Waals surface area contributed by atoms with Gasteiger partial charge in [0.2, 0.25) is 0 Å². The second-order valence-corrected chi connectivity index (χ2v) is 4.92. The lowest BCUT2D eigenvalue weighted by Crippen LogP contribution is -2.38. The third-order valence-corrected chi connectivity index (χ3v) is 2.91. The SMILES string of the molecule is CCOC=C(C#N)C(=O)N(c1cccc(C(F)(F)F)c1)C(C)C. The average Bonchev–Trinajstić information content (AvgIpc) is 2.47. The predicted molar refractivity (Wildman–Crippen MR) is 79.4 cm³/mol. The highest BCUT2D eigenvalue weighted by Gasteiger charge is 2.32. The Balaban J connectivity index is 3.28. The van der Waals surface area contributed by atoms with Gasteiger partial charge in [0, 0.05) is 11.7 Å². The molecule has 4 nitrogen and oxygen atoms in total. The van der Waals surface area contributed by atoms with E-state index < -0.39 is 23.7 Å². The Morgan fingerprint density at radius 1 is 1.43 bits per heavy atom. The molecular formula is C16H17F3N2O2. The number of hydrogen-bond donors (Lipinski definition) is 0. The van der Waals surface area contributed by atoms with Crippen molar-refractivity contribution in [2.75, 3.05) is 11.5 Å². The zero-order valence-corrected chi connectivity index (χ0v) is 13.0. The standard InChI is InChI=1S/C16H17F3N2O2/c1-4-23-10-12(9-20)15(22)21(11(2)3)14-7-5-6-13(8-14)16(17,18)19/h5-8,10-11H,4H2,1-3H3. The van der Waals surface area contributed by atoms with Crippen molar-refractivity contribution >= 4 is 11.6 Å². The van der Waals surface area contributed by atoms with Crippen LogP contribution in [0.15, 0.2) is 36.1 Å². The molecule has 0 aromatic heterocycles. The summed E-state index contributed by atoms with van der Waals surface area (Å²) in [6.07, 6.45) is -3.49. The number of rotatable bonds is 5. The number of amides is 1. The van der Waals surface area contributed by atoms with Gasteiger partial charge in [-0.2, -0.15) is 18.4 Å². The zero-order chi connectivity index (χ0) is 17.6. The molecule has 0 fully saturated rings. The topological polar surface area (TPSA) is 53.3 Å². The monoisotopic (exact) mass is 326 g/mol. The first-order chi connectivity index (χ1) is 10.7. The van der Waals surface area contributed by atoms with E-state index in [1.54, 1.807) is 26.8 Å². The third kappa shape index (κ3) is 4.74. The number of benzene rings is 1. The Hall–Kier alpha value is -2.49. The minimum atomic E-state index is -4.51. The van der Waals surface area contributed by atoms with E-state index in [4.69, 9.17) is 10.00 Å². The molecule has 1 rings (SSSR count). The summed E-state index contributed by atoms with van der Waals surface area (Å²) in [5, 5.41) is 9.06. The van der Waals surface area contributed by atoms with Crippen molar-refractivity contribution in [1.82, 2.24) is 0 Å². The van der Waals surface area contributed by atoms with Crippen LogP contribution in [0, 0.1) is 11.3 Å². The highest BCUT2D eigenvalue weighted by atomic mass is 19.4. The summed E-state index contributed by atoms with van der Waals surface area (Å²) < 4.78 is 43.5. The summed E-state index contributed by atoms with van der Waals surface area (Å²) in [5.41, 5.74) is -1.07. The number of ether oxygens (including phenoxy) is 1. The lowest BCUT2D eigenvalue weighted by atomic mass is 10.1. The van der Waals surface area contributed by atoms with Crippen LogP contribution in [0.1, 0.15) is 26.3 Å². The number of carbonyl (C=O) groups is 1. The molecule has 0 N–H and O–H groups in total. The van der Waals surface area contributed by atoms with Crippen LogP contribution in [0.2, 0.25) is 0 Å². The summed E-state index contributed by atoms with van der Waals surface area (Å²) >= 11 is 0. The summed E-state index contributed by atoms with van der Waals surface area (Å²) in [6, 6.07) is 5.69. The van der Waals surface area contributed by atoms with Gasteiger partial charge in [-0.25, -0.2) is 0 Å². The van der Waals surface area contributed by atoms with Crippen molar-refractivity contribution in [2.45, 2.75) is 33.0 Å². The maximum absolute atomic E-state index is 12.8. The number of nitriles is 1. The maximum Gasteiger partial charge on any atom is 0.416 e. The fraction of sp³-hybridized carbons (Fsp3) is 0.375. The van der Waals surface area contributed by atoms with E-state index in [2.05, 4.69) is 0 Å². The number of alkyl halides is 3. The van der Waals surface area contributed by atoms with E-state index in [1.165, 1.54) is 12.1 Å². The molecule has 1 amide bonds. The molecule has 0 aliphatic rings. The van der Waals surface area contributed by atoms with Crippen LogP contribution >= 0.6 is 0 Å². The number of hydrogen-bond acceptors (Lipinski definition) is 3. The van der Waals surface area contributed by atoms with Gasteiger partial charge in [0.15, 0.2) is 5.57 Å². The molecular weight excluding hydrogens is 309 g/mol. The van der Waals surface area contributed by atoms with Crippen LogP contribution in [0.25, 0.3) is 0 Å². The molecule has 0 saturated carbocycles. The lowest BCUT2D eigenvalue weighted by molar-refractivity contribution is -0.137. The van der Waals surface area contributed by atoms with E-state index in [0.717, 1.165) is 23.3 Å². The Bertz CT molecular complexity index is 631. The molecule has 0 atom stereocenters. The molecule has 0 unspecified atom stereocenters. The van der Waals surface area contributed by atoms with Crippen molar-refractivity contribution in [2.24, 2.45) is 0 Å². The number of halogens is 3. The fourth-order valence-electron chi connectivity index (χ4n) is 1.90. The first-order valence-electron chi connectivity index (χ1n) is 6.95. The van der Waals surface area contributed by atoms with Crippen molar-refractivity contribution < 1.29 is 22.7 Å². The molecule has 124 valence electrons. The van der Waals surface area contributed by atoms with E-state index >= 15 is 0 Å². The molecule has 0 bridgehead atoms. The molecule has 0 heterocycles. The molecule has 0 aliphatic heterocycles. The van der Waals surface area contributed by atoms with Crippen LogP contribution in [0.4, 0.5) is 18.9 Å². The average molecular weight is 326 g/mol. The Morgan fingerprint density at radius 2 is 2.09 bits per heavy atom. The quantitative estimate of drug-likeness (QED) is 0.468. The van der Waals surface area contributed by atoms with Gasteiger partial charge in [-0.3, -0.25) is 4.79 Å². The van der Waals surface area contributed by atoms with Crippen molar-refractivity contribution in [3.05, 3.63) is 41.7 Å². The van der Waals surface area contributed by atoms with E-state index in [1.807, 2.05) is 0 Å². The van der Waals surface area contributed by atoms with Crippen LogP contribution < -0.4 is 4.90 Å². The molecule has 0 aliphatic carbocycles. The van der Waals surface area contributed by atoms with Gasteiger partial charge in [-0.05, 0) is 39.0 Å². The van der Waals surface area contributed by atoms with Gasteiger partial charge < -0.3 is 9.64 Å². The highest BCUT2D eigenvalue weighted by molar-refractivity contribution is 6.08. The molecule has 0 spiro atoms. The van der Waals surface area contributed by atoms with Gasteiger partial charge in [0.05, 0.1) is 12.2 Å². The molecule has 23 heavy (non-hydrogen) atoms. The van der Waals surface area contributed by atoms with E-state index in [-0.39, 0.29) is 17.9 Å². The molecule has 7 heteroatoms. The highest BCUT2D eigenvalue weighted by Crippen LogP contribution is 2.32. The minimum Gasteiger partial charge on any atom is -0.500 e. The fourth-order valence-corrected chi connectivity index (χ4v) is 1.90. The van der Waals surface area contributed by atoms with Crippen LogP contribution in [0.5, 0.6) is 0 Å². The largest absolute Gasteiger partial charge is 0.500 e. The molecule has 0 radical (unpaired) electrons. The van der Waals surface area contributed by atoms with Gasteiger partial charge in [-0.1, -0.05) is 6.07 Å². The van der Waals surface area contributed by atoms with Crippen molar-refractivity contribution in [3.63, 3.8) is 0 Å². The van der Waals surface area contributed by atoms with Gasteiger partial charge in [0.1, 0.15) is 12.3 Å². The second kappa shape index (κ2) is 7.68. The molecule has 1 aromatic rings. The Labute approximate surface area is 132 Å². The minimum absolute atomic E-state index is 0.0671. The summed E-state index contributed by atoms with van der Waals surface area (Å²) in [5.74, 6) is -0.713. The Kier molecular flexibility index (Phi) is 6.19. The molecule has 0 saturated heterocycles. The first-order valence-corrected chi connectivity index (χ1v) is 6.95. The third-order valence-electron chi connectivity index (χ3n) is 2.91. The maximum atomic E-state index is 12.8. The van der Waals surface area contributed by atoms with E-state index in [9.17, 15) is 18.0 Å². The first kappa shape index (κ1) is 18.6. The second-order valence-electron chi connectivity index (χ2n) is 4.92. The predicted octanol–water partition coefficient (Wildman–Crippen LogP) is 3.89. The normalized spacial score (nSPS) is 12.0. The summed E-state index contributed by atoms with van der Waals surface area (Å²) in [6.45, 7) is 5.24. The number of nitrogens with zero attached hydrogens (tertiary/aromatic N) is 2. The van der Waals surface area contributed by atoms with Gasteiger partial charge in [0.25, 0.3) is 5.91 Å². The van der Waals surface area contributed by atoms with Crippen LogP contribution in [-0.2, 0) is 15.7 Å². The molecule has 1 aromatic carbocycles. The van der Waals surface area contributed by atoms with Crippen molar-refractivity contribution in [3.8, 4) is 6.07 Å².